The number of nitrogens with zero attached hydrogens (tertiary/aromatic N) is 3. The number of amides is 1. The summed E-state index contributed by atoms with van der Waals surface area (Å²) >= 11 is 0.869. The molecule has 0 spiro atoms. The first-order chi connectivity index (χ1) is 10.5. The smallest absolute Gasteiger partial charge is 0.293 e. The summed E-state index contributed by atoms with van der Waals surface area (Å²) in [4.78, 5) is 15.9. The third-order valence-electron chi connectivity index (χ3n) is 2.76. The summed E-state index contributed by atoms with van der Waals surface area (Å²) in [6.07, 6.45) is 1.63. The average Bonchev–Trinajstić information content (AvgIpc) is 3.06. The van der Waals surface area contributed by atoms with E-state index in [1.165, 1.54) is 4.52 Å². The summed E-state index contributed by atoms with van der Waals surface area (Å²) in [5.74, 6) is -0.794. The second kappa shape index (κ2) is 5.48. The molecule has 1 aromatic carbocycles. The fraction of sp³-hybridized carbons (Fsp3) is 0.0833. The number of rotatable bonds is 4. The van der Waals surface area contributed by atoms with E-state index in [9.17, 15) is 13.2 Å². The Balaban J connectivity index is 1.96. The van der Waals surface area contributed by atoms with Crippen LogP contribution in [0.1, 0.15) is 0 Å². The van der Waals surface area contributed by atoms with Crippen LogP contribution in [0, 0.1) is 0 Å². The van der Waals surface area contributed by atoms with Gasteiger partial charge in [0.15, 0.2) is 0 Å². The number of sulfonamides is 1. The van der Waals surface area contributed by atoms with Crippen molar-refractivity contribution in [1.29, 1.82) is 0 Å². The van der Waals surface area contributed by atoms with Crippen molar-refractivity contribution in [2.75, 3.05) is 6.54 Å². The number of benzene rings is 1. The second-order valence-electron chi connectivity index (χ2n) is 4.32. The highest BCUT2D eigenvalue weighted by atomic mass is 32.2. The molecule has 2 heterocycles. The minimum atomic E-state index is -4.01. The number of imidazole rings is 1. The van der Waals surface area contributed by atoms with Gasteiger partial charge in [-0.2, -0.15) is 8.42 Å². The minimum absolute atomic E-state index is 0.239. The zero-order valence-corrected chi connectivity index (χ0v) is 12.8. The molecule has 0 unspecified atom stereocenters. The van der Waals surface area contributed by atoms with Crippen LogP contribution in [0.3, 0.4) is 0 Å². The number of fused-ring (bicyclic) bond motifs is 1. The summed E-state index contributed by atoms with van der Waals surface area (Å²) < 4.78 is 26.9. The number of nitrogens with two attached hydrogens (primary N) is 1. The van der Waals surface area contributed by atoms with E-state index in [2.05, 4.69) is 10.1 Å². The van der Waals surface area contributed by atoms with Gasteiger partial charge in [0, 0.05) is 5.56 Å². The first kappa shape index (κ1) is 14.6. The van der Waals surface area contributed by atoms with Gasteiger partial charge in [0.05, 0.1) is 18.4 Å². The van der Waals surface area contributed by atoms with Gasteiger partial charge in [-0.25, -0.2) is 14.2 Å². The van der Waals surface area contributed by atoms with E-state index >= 15 is 0 Å². The van der Waals surface area contributed by atoms with E-state index in [1.807, 2.05) is 35.1 Å². The van der Waals surface area contributed by atoms with Gasteiger partial charge in [-0.15, -0.1) is 5.10 Å². The first-order valence-corrected chi connectivity index (χ1v) is 8.47. The van der Waals surface area contributed by atoms with Crippen LogP contribution < -0.4 is 10.5 Å². The third kappa shape index (κ3) is 2.71. The highest BCUT2D eigenvalue weighted by molar-refractivity contribution is 7.92. The van der Waals surface area contributed by atoms with Crippen LogP contribution >= 0.6 is 11.3 Å². The van der Waals surface area contributed by atoms with Crippen LogP contribution in [0.4, 0.5) is 0 Å². The molecule has 0 saturated heterocycles. The second-order valence-corrected chi connectivity index (χ2v) is 7.13. The number of carbonyl (C=O) groups is 1. The molecule has 114 valence electrons. The lowest BCUT2D eigenvalue weighted by atomic mass is 10.2. The Hall–Kier alpha value is -2.30. The van der Waals surface area contributed by atoms with Gasteiger partial charge in [-0.3, -0.25) is 4.79 Å². The van der Waals surface area contributed by atoms with E-state index in [4.69, 9.17) is 5.73 Å². The molecule has 22 heavy (non-hydrogen) atoms. The Kier molecular flexibility index (Phi) is 3.64. The summed E-state index contributed by atoms with van der Waals surface area (Å²) in [6, 6.07) is 9.45. The summed E-state index contributed by atoms with van der Waals surface area (Å²) in [6.45, 7) is -0.417. The summed E-state index contributed by atoms with van der Waals surface area (Å²) in [5, 5.41) is 3.95. The molecule has 0 atom stereocenters. The maximum atomic E-state index is 11.9. The van der Waals surface area contributed by atoms with Crippen molar-refractivity contribution >= 4 is 32.2 Å². The van der Waals surface area contributed by atoms with E-state index in [0.717, 1.165) is 16.9 Å². The number of hydrogen-bond acceptors (Lipinski definition) is 7. The van der Waals surface area contributed by atoms with Crippen molar-refractivity contribution in [2.45, 2.75) is 4.34 Å². The highest BCUT2D eigenvalue weighted by Crippen LogP contribution is 2.23. The van der Waals surface area contributed by atoms with Crippen molar-refractivity contribution in [3.8, 4) is 11.3 Å². The van der Waals surface area contributed by atoms with Crippen molar-refractivity contribution in [1.82, 2.24) is 19.3 Å². The van der Waals surface area contributed by atoms with Crippen LogP contribution in [0.25, 0.3) is 16.2 Å². The van der Waals surface area contributed by atoms with Gasteiger partial charge in [-0.1, -0.05) is 41.7 Å². The maximum Gasteiger partial charge on any atom is 0.293 e. The van der Waals surface area contributed by atoms with Gasteiger partial charge in [0.1, 0.15) is 0 Å². The number of aromatic nitrogens is 3. The molecule has 0 saturated carbocycles. The molecule has 0 fully saturated rings. The van der Waals surface area contributed by atoms with Gasteiger partial charge in [-0.05, 0) is 0 Å². The van der Waals surface area contributed by atoms with E-state index < -0.39 is 22.5 Å². The molecule has 3 rings (SSSR count). The van der Waals surface area contributed by atoms with E-state index in [1.54, 1.807) is 6.20 Å². The lowest BCUT2D eigenvalue weighted by Gasteiger charge is -2.00. The van der Waals surface area contributed by atoms with Crippen LogP contribution in [-0.2, 0) is 14.8 Å². The standard InChI is InChI=1S/C12H11N5O3S2/c13-6-10(18)16-22(19,20)12-15-17-7-9(14-11(17)21-12)8-4-2-1-3-5-8/h1-5,7H,6,13H2,(H,16,18). The van der Waals surface area contributed by atoms with Crippen LogP contribution in [0.5, 0.6) is 0 Å². The first-order valence-electron chi connectivity index (χ1n) is 6.17. The monoisotopic (exact) mass is 337 g/mol. The quantitative estimate of drug-likeness (QED) is 0.703. The Bertz CT molecular complexity index is 899. The van der Waals surface area contributed by atoms with Crippen LogP contribution in [0.2, 0.25) is 0 Å². The molecule has 1 amide bonds. The molecule has 0 aliphatic heterocycles. The fourth-order valence-corrected chi connectivity index (χ4v) is 3.84. The number of carbonyl (C=O) groups excluding carboxylic acids is 1. The molecular weight excluding hydrogens is 326 g/mol. The lowest BCUT2D eigenvalue weighted by Crippen LogP contribution is -2.35. The lowest BCUT2D eigenvalue weighted by molar-refractivity contribution is -0.118. The zero-order valence-electron chi connectivity index (χ0n) is 11.1. The predicted octanol–water partition coefficient (Wildman–Crippen LogP) is 0.221. The molecule has 0 aliphatic rings. The van der Waals surface area contributed by atoms with Crippen molar-refractivity contribution < 1.29 is 13.2 Å². The van der Waals surface area contributed by atoms with Gasteiger partial charge >= 0.3 is 0 Å². The van der Waals surface area contributed by atoms with Gasteiger partial charge < -0.3 is 5.73 Å². The molecular formula is C12H11N5O3S2. The Labute approximate surface area is 129 Å². The van der Waals surface area contributed by atoms with Crippen molar-refractivity contribution in [3.63, 3.8) is 0 Å². The maximum absolute atomic E-state index is 11.9. The molecule has 3 N–H and O–H groups in total. The van der Waals surface area contributed by atoms with Crippen molar-refractivity contribution in [3.05, 3.63) is 36.5 Å². The number of hydrogen-bond donors (Lipinski definition) is 2. The van der Waals surface area contributed by atoms with Gasteiger partial charge in [0.25, 0.3) is 14.4 Å². The number of nitrogens with one attached hydrogen (secondary N) is 1. The topological polar surface area (TPSA) is 119 Å². The Morgan fingerprint density at radius 1 is 1.32 bits per heavy atom. The molecule has 2 aromatic heterocycles. The average molecular weight is 337 g/mol. The molecule has 0 radical (unpaired) electrons. The fourth-order valence-electron chi connectivity index (χ4n) is 1.77. The highest BCUT2D eigenvalue weighted by Gasteiger charge is 2.23. The SMILES string of the molecule is NCC(=O)NS(=O)(=O)c1nn2cc(-c3ccccc3)nc2s1. The van der Waals surface area contributed by atoms with Gasteiger partial charge in [0.2, 0.25) is 10.9 Å². The molecule has 8 nitrogen and oxygen atoms in total. The molecule has 0 bridgehead atoms. The van der Waals surface area contributed by atoms with Crippen LogP contribution in [-0.4, -0.2) is 35.5 Å². The molecule has 3 aromatic rings. The Morgan fingerprint density at radius 3 is 2.68 bits per heavy atom. The Morgan fingerprint density at radius 2 is 2.05 bits per heavy atom. The summed E-state index contributed by atoms with van der Waals surface area (Å²) in [5.41, 5.74) is 6.68. The predicted molar refractivity (Wildman–Crippen MR) is 80.7 cm³/mol. The minimum Gasteiger partial charge on any atom is -0.322 e. The third-order valence-corrected chi connectivity index (χ3v) is 5.42. The normalized spacial score (nSPS) is 11.7. The van der Waals surface area contributed by atoms with E-state index in [-0.39, 0.29) is 4.34 Å². The van der Waals surface area contributed by atoms with E-state index in [0.29, 0.717) is 10.7 Å². The van der Waals surface area contributed by atoms with Crippen molar-refractivity contribution in [2.24, 2.45) is 5.73 Å². The van der Waals surface area contributed by atoms with Crippen LogP contribution in [0.15, 0.2) is 40.9 Å². The zero-order chi connectivity index (χ0) is 15.7. The molecule has 0 aliphatic carbocycles. The summed E-state index contributed by atoms with van der Waals surface area (Å²) in [7, 11) is -4.01. The largest absolute Gasteiger partial charge is 0.322 e. The molecule has 10 heteroatoms.